The molecular formula is C14H19F. The van der Waals surface area contributed by atoms with Gasteiger partial charge in [-0.2, -0.15) is 0 Å². The third kappa shape index (κ3) is 2.58. The first-order chi connectivity index (χ1) is 7.29. The lowest BCUT2D eigenvalue weighted by atomic mass is 9.79. The molecule has 0 radical (unpaired) electrons. The quantitative estimate of drug-likeness (QED) is 0.679. The lowest BCUT2D eigenvalue weighted by Crippen LogP contribution is -2.14. The van der Waals surface area contributed by atoms with E-state index in [1.807, 2.05) is 0 Å². The summed E-state index contributed by atoms with van der Waals surface area (Å²) in [5, 5.41) is 0. The predicted molar refractivity (Wildman–Crippen MR) is 61.9 cm³/mol. The molecule has 1 aliphatic carbocycles. The minimum atomic E-state index is -0.124. The number of halogens is 1. The first kappa shape index (κ1) is 10.7. The lowest BCUT2D eigenvalue weighted by molar-refractivity contribution is 0.263. The highest BCUT2D eigenvalue weighted by Gasteiger charge is 2.21. The number of alkyl halides is 1. The van der Waals surface area contributed by atoms with Gasteiger partial charge in [0, 0.05) is 0 Å². The van der Waals surface area contributed by atoms with Crippen LogP contribution in [0.1, 0.15) is 42.7 Å². The van der Waals surface area contributed by atoms with Crippen molar-refractivity contribution in [3.63, 3.8) is 0 Å². The topological polar surface area (TPSA) is 0 Å². The zero-order valence-electron chi connectivity index (χ0n) is 9.38. The summed E-state index contributed by atoms with van der Waals surface area (Å²) < 4.78 is 12.5. The Bertz CT molecular complexity index is 294. The first-order valence-electron chi connectivity index (χ1n) is 5.92. The van der Waals surface area contributed by atoms with Crippen molar-refractivity contribution in [1.82, 2.24) is 0 Å². The van der Waals surface area contributed by atoms with Crippen LogP contribution >= 0.6 is 0 Å². The second kappa shape index (κ2) is 4.78. The van der Waals surface area contributed by atoms with E-state index in [9.17, 15) is 4.39 Å². The van der Waals surface area contributed by atoms with Crippen LogP contribution in [0.25, 0.3) is 0 Å². The molecular weight excluding hydrogens is 187 g/mol. The average molecular weight is 206 g/mol. The Morgan fingerprint density at radius 1 is 1.07 bits per heavy atom. The fourth-order valence-electron chi connectivity index (χ4n) is 2.49. The van der Waals surface area contributed by atoms with Gasteiger partial charge >= 0.3 is 0 Å². The van der Waals surface area contributed by atoms with E-state index in [2.05, 4.69) is 31.2 Å². The van der Waals surface area contributed by atoms with Gasteiger partial charge in [-0.25, -0.2) is 0 Å². The molecule has 0 amide bonds. The van der Waals surface area contributed by atoms with Gasteiger partial charge in [0.15, 0.2) is 0 Å². The van der Waals surface area contributed by atoms with Crippen LogP contribution in [0.15, 0.2) is 24.3 Å². The standard InChI is InChI=1S/C14H19F/c1-11-2-6-13(7-3-11)14-8-4-12(10-15)5-9-14/h2-3,6-7,12,14H,4-5,8-10H2,1H3. The Labute approximate surface area is 91.5 Å². The van der Waals surface area contributed by atoms with Gasteiger partial charge in [-0.3, -0.25) is 4.39 Å². The summed E-state index contributed by atoms with van der Waals surface area (Å²) in [6.45, 7) is 1.99. The van der Waals surface area contributed by atoms with E-state index in [0.717, 1.165) is 25.7 Å². The van der Waals surface area contributed by atoms with Gasteiger partial charge in [0.1, 0.15) is 0 Å². The minimum Gasteiger partial charge on any atom is -0.251 e. The predicted octanol–water partition coefficient (Wildman–Crippen LogP) is 4.24. The fraction of sp³-hybridized carbons (Fsp3) is 0.571. The fourth-order valence-corrected chi connectivity index (χ4v) is 2.49. The number of hydrogen-bond acceptors (Lipinski definition) is 0. The number of hydrogen-bond donors (Lipinski definition) is 0. The van der Waals surface area contributed by atoms with Crippen molar-refractivity contribution in [2.45, 2.75) is 38.5 Å². The summed E-state index contributed by atoms with van der Waals surface area (Å²) >= 11 is 0. The smallest absolute Gasteiger partial charge is 0.0922 e. The van der Waals surface area contributed by atoms with Crippen molar-refractivity contribution < 1.29 is 4.39 Å². The molecule has 0 spiro atoms. The molecule has 0 atom stereocenters. The van der Waals surface area contributed by atoms with Gasteiger partial charge in [-0.15, -0.1) is 0 Å². The molecule has 1 heteroatoms. The molecule has 0 aromatic heterocycles. The van der Waals surface area contributed by atoms with E-state index in [-0.39, 0.29) is 6.67 Å². The van der Waals surface area contributed by atoms with Gasteiger partial charge in [0.25, 0.3) is 0 Å². The molecule has 0 heterocycles. The monoisotopic (exact) mass is 206 g/mol. The van der Waals surface area contributed by atoms with Crippen molar-refractivity contribution in [2.24, 2.45) is 5.92 Å². The van der Waals surface area contributed by atoms with E-state index in [4.69, 9.17) is 0 Å². The van der Waals surface area contributed by atoms with Crippen molar-refractivity contribution in [3.8, 4) is 0 Å². The summed E-state index contributed by atoms with van der Waals surface area (Å²) in [6, 6.07) is 8.82. The van der Waals surface area contributed by atoms with Gasteiger partial charge in [-0.05, 0) is 50.0 Å². The van der Waals surface area contributed by atoms with Gasteiger partial charge < -0.3 is 0 Å². The number of aryl methyl sites for hydroxylation is 1. The molecule has 15 heavy (non-hydrogen) atoms. The summed E-state index contributed by atoms with van der Waals surface area (Å²) in [5.74, 6) is 1.01. The molecule has 1 fully saturated rings. The highest BCUT2D eigenvalue weighted by atomic mass is 19.1. The maximum absolute atomic E-state index is 12.5. The summed E-state index contributed by atoms with van der Waals surface area (Å²) in [4.78, 5) is 0. The van der Waals surface area contributed by atoms with Gasteiger partial charge in [-0.1, -0.05) is 29.8 Å². The molecule has 1 aromatic carbocycles. The molecule has 1 aromatic rings. The van der Waals surface area contributed by atoms with Gasteiger partial charge in [0.2, 0.25) is 0 Å². The van der Waals surface area contributed by atoms with E-state index >= 15 is 0 Å². The largest absolute Gasteiger partial charge is 0.251 e. The molecule has 0 unspecified atom stereocenters. The average Bonchev–Trinajstić information content (AvgIpc) is 2.30. The Balaban J connectivity index is 1.98. The first-order valence-corrected chi connectivity index (χ1v) is 5.92. The number of benzene rings is 1. The lowest BCUT2D eigenvalue weighted by Gasteiger charge is -2.27. The molecule has 1 aliphatic rings. The molecule has 0 saturated heterocycles. The van der Waals surface area contributed by atoms with E-state index in [1.165, 1.54) is 11.1 Å². The normalized spacial score (nSPS) is 26.5. The molecule has 0 bridgehead atoms. The number of rotatable bonds is 2. The van der Waals surface area contributed by atoms with Crippen molar-refractivity contribution >= 4 is 0 Å². The molecule has 1 saturated carbocycles. The van der Waals surface area contributed by atoms with Crippen LogP contribution in [0.5, 0.6) is 0 Å². The molecule has 2 rings (SSSR count). The maximum Gasteiger partial charge on any atom is 0.0922 e. The van der Waals surface area contributed by atoms with Gasteiger partial charge in [0.05, 0.1) is 6.67 Å². The summed E-state index contributed by atoms with van der Waals surface area (Å²) in [6.07, 6.45) is 4.46. The highest BCUT2D eigenvalue weighted by molar-refractivity contribution is 5.24. The third-order valence-corrected chi connectivity index (χ3v) is 3.61. The van der Waals surface area contributed by atoms with Crippen LogP contribution in [0.4, 0.5) is 4.39 Å². The van der Waals surface area contributed by atoms with Crippen LogP contribution in [0, 0.1) is 12.8 Å². The van der Waals surface area contributed by atoms with Crippen molar-refractivity contribution in [1.29, 1.82) is 0 Å². The van der Waals surface area contributed by atoms with E-state index in [0.29, 0.717) is 11.8 Å². The summed E-state index contributed by atoms with van der Waals surface area (Å²) in [7, 11) is 0. The Hall–Kier alpha value is -0.850. The molecule has 0 aliphatic heterocycles. The van der Waals surface area contributed by atoms with Crippen LogP contribution in [0.2, 0.25) is 0 Å². The SMILES string of the molecule is Cc1ccc(C2CCC(CF)CC2)cc1. The van der Waals surface area contributed by atoms with E-state index < -0.39 is 0 Å². The minimum absolute atomic E-state index is 0.124. The molecule has 0 nitrogen and oxygen atoms in total. The molecule has 82 valence electrons. The Morgan fingerprint density at radius 2 is 1.67 bits per heavy atom. The Kier molecular flexibility index (Phi) is 3.40. The van der Waals surface area contributed by atoms with Crippen LogP contribution in [-0.4, -0.2) is 6.67 Å². The highest BCUT2D eigenvalue weighted by Crippen LogP contribution is 2.35. The zero-order valence-corrected chi connectivity index (χ0v) is 9.38. The second-order valence-corrected chi connectivity index (χ2v) is 4.78. The van der Waals surface area contributed by atoms with Crippen LogP contribution in [-0.2, 0) is 0 Å². The van der Waals surface area contributed by atoms with Crippen LogP contribution in [0.3, 0.4) is 0 Å². The summed E-state index contributed by atoms with van der Waals surface area (Å²) in [5.41, 5.74) is 2.76. The van der Waals surface area contributed by atoms with Crippen molar-refractivity contribution in [3.05, 3.63) is 35.4 Å². The maximum atomic E-state index is 12.5. The van der Waals surface area contributed by atoms with E-state index in [1.54, 1.807) is 0 Å². The van der Waals surface area contributed by atoms with Crippen LogP contribution < -0.4 is 0 Å². The zero-order chi connectivity index (χ0) is 10.7. The molecule has 0 N–H and O–H groups in total. The Morgan fingerprint density at radius 3 is 2.20 bits per heavy atom. The third-order valence-electron chi connectivity index (χ3n) is 3.61. The van der Waals surface area contributed by atoms with Crippen molar-refractivity contribution in [2.75, 3.05) is 6.67 Å². The second-order valence-electron chi connectivity index (χ2n) is 4.78.